The largest absolute Gasteiger partial charge is 0.478 e. The molecule has 7 nitrogen and oxygen atoms in total. The van der Waals surface area contributed by atoms with E-state index in [0.717, 1.165) is 11.6 Å². The third-order valence-electron chi connectivity index (χ3n) is 3.97. The summed E-state index contributed by atoms with van der Waals surface area (Å²) in [5, 5.41) is 12.3. The molecule has 146 valence electrons. The first-order valence-electron chi connectivity index (χ1n) is 8.44. The number of benzene rings is 2. The van der Waals surface area contributed by atoms with Gasteiger partial charge in [-0.25, -0.2) is 17.9 Å². The number of methoxy groups -OCH3 is 1. The number of hydrogen-bond donors (Lipinski definition) is 3. The van der Waals surface area contributed by atoms with Crippen molar-refractivity contribution in [2.75, 3.05) is 19.0 Å². The van der Waals surface area contributed by atoms with Gasteiger partial charge in [0, 0.05) is 19.2 Å². The Hall–Kier alpha value is -2.42. The Labute approximate surface area is 159 Å². The zero-order chi connectivity index (χ0) is 20.0. The number of carbonyl (C=O) groups is 1. The minimum Gasteiger partial charge on any atom is -0.478 e. The molecule has 0 bridgehead atoms. The highest BCUT2D eigenvalue weighted by atomic mass is 32.2. The molecule has 3 N–H and O–H groups in total. The summed E-state index contributed by atoms with van der Waals surface area (Å²) in [5.74, 6) is -1.20. The van der Waals surface area contributed by atoms with E-state index in [2.05, 4.69) is 10.0 Å². The highest BCUT2D eigenvalue weighted by Gasteiger charge is 2.24. The molecule has 0 saturated carbocycles. The van der Waals surface area contributed by atoms with Crippen LogP contribution < -0.4 is 10.0 Å². The average molecular weight is 392 g/mol. The van der Waals surface area contributed by atoms with E-state index in [1.54, 1.807) is 14.0 Å². The molecule has 0 saturated heterocycles. The summed E-state index contributed by atoms with van der Waals surface area (Å²) >= 11 is 0. The molecule has 2 rings (SSSR count). The summed E-state index contributed by atoms with van der Waals surface area (Å²) in [5.41, 5.74) is 1.02. The number of sulfonamides is 1. The van der Waals surface area contributed by atoms with Gasteiger partial charge in [-0.05, 0) is 37.6 Å². The summed E-state index contributed by atoms with van der Waals surface area (Å²) < 4.78 is 33.6. The number of rotatable bonds is 9. The van der Waals surface area contributed by atoms with Crippen molar-refractivity contribution in [1.82, 2.24) is 4.72 Å². The Balaban J connectivity index is 2.39. The molecule has 0 spiro atoms. The molecule has 0 amide bonds. The van der Waals surface area contributed by atoms with Gasteiger partial charge in [0.25, 0.3) is 0 Å². The van der Waals surface area contributed by atoms with Crippen LogP contribution in [-0.2, 0) is 14.8 Å². The van der Waals surface area contributed by atoms with Gasteiger partial charge in [0.2, 0.25) is 10.0 Å². The lowest BCUT2D eigenvalue weighted by atomic mass is 10.1. The SMILES string of the molecule is COC[C@@H](C)Nc1ccc(C(=O)O)cc1S(=O)(=O)N[C@@H](C)c1ccccc1. The van der Waals surface area contributed by atoms with Crippen LogP contribution in [0.1, 0.15) is 35.8 Å². The molecular weight excluding hydrogens is 368 g/mol. The predicted molar refractivity (Wildman–Crippen MR) is 104 cm³/mol. The van der Waals surface area contributed by atoms with E-state index in [0.29, 0.717) is 12.3 Å². The van der Waals surface area contributed by atoms with Crippen molar-refractivity contribution in [3.8, 4) is 0 Å². The van der Waals surface area contributed by atoms with Crippen molar-refractivity contribution in [1.29, 1.82) is 0 Å². The maximum Gasteiger partial charge on any atom is 0.335 e. The van der Waals surface area contributed by atoms with Crippen molar-refractivity contribution in [2.45, 2.75) is 30.8 Å². The van der Waals surface area contributed by atoms with E-state index in [9.17, 15) is 18.3 Å². The third-order valence-corrected chi connectivity index (χ3v) is 5.55. The second-order valence-corrected chi connectivity index (χ2v) is 7.95. The Morgan fingerprint density at radius 2 is 1.81 bits per heavy atom. The topological polar surface area (TPSA) is 105 Å². The molecule has 2 atom stereocenters. The molecule has 0 aliphatic rings. The van der Waals surface area contributed by atoms with E-state index in [-0.39, 0.29) is 16.5 Å². The molecular formula is C19H24N2O5S. The number of aromatic carboxylic acids is 1. The Morgan fingerprint density at radius 3 is 2.41 bits per heavy atom. The van der Waals surface area contributed by atoms with E-state index >= 15 is 0 Å². The van der Waals surface area contributed by atoms with E-state index in [1.165, 1.54) is 12.1 Å². The van der Waals surface area contributed by atoms with E-state index in [1.807, 2.05) is 37.3 Å². The zero-order valence-electron chi connectivity index (χ0n) is 15.5. The summed E-state index contributed by atoms with van der Waals surface area (Å²) in [6.07, 6.45) is 0. The highest BCUT2D eigenvalue weighted by Crippen LogP contribution is 2.26. The number of carboxylic acids is 1. The molecule has 27 heavy (non-hydrogen) atoms. The lowest BCUT2D eigenvalue weighted by Gasteiger charge is -2.20. The van der Waals surface area contributed by atoms with Crippen LogP contribution in [0, 0.1) is 0 Å². The fourth-order valence-corrected chi connectivity index (χ4v) is 4.09. The van der Waals surface area contributed by atoms with E-state index in [4.69, 9.17) is 4.74 Å². The number of ether oxygens (including phenoxy) is 1. The fraction of sp³-hybridized carbons (Fsp3) is 0.316. The molecule has 0 aliphatic heterocycles. The van der Waals surface area contributed by atoms with Crippen molar-refractivity contribution in [2.24, 2.45) is 0 Å². The van der Waals surface area contributed by atoms with Crippen molar-refractivity contribution < 1.29 is 23.1 Å². The normalized spacial score (nSPS) is 13.7. The average Bonchev–Trinajstić information content (AvgIpc) is 2.62. The Kier molecular flexibility index (Phi) is 6.95. The van der Waals surface area contributed by atoms with Crippen LogP contribution in [0.15, 0.2) is 53.4 Å². The van der Waals surface area contributed by atoms with E-state index < -0.39 is 22.0 Å². The Bertz CT molecular complexity index is 884. The zero-order valence-corrected chi connectivity index (χ0v) is 16.3. The van der Waals surface area contributed by atoms with Gasteiger partial charge < -0.3 is 15.2 Å². The number of hydrogen-bond acceptors (Lipinski definition) is 5. The molecule has 0 aliphatic carbocycles. The molecule has 8 heteroatoms. The van der Waals surface area contributed by atoms with Crippen LogP contribution in [0.4, 0.5) is 5.69 Å². The molecule has 2 aromatic carbocycles. The molecule has 2 aromatic rings. The van der Waals surface area contributed by atoms with Gasteiger partial charge in [-0.2, -0.15) is 0 Å². The van der Waals surface area contributed by atoms with Gasteiger partial charge in [-0.15, -0.1) is 0 Å². The maximum atomic E-state index is 13.0. The van der Waals surface area contributed by atoms with Crippen molar-refractivity contribution in [3.63, 3.8) is 0 Å². The standard InChI is InChI=1S/C19H24N2O5S/c1-13(12-26-3)20-17-10-9-16(19(22)23)11-18(17)27(24,25)21-14(2)15-7-5-4-6-8-15/h4-11,13-14,20-21H,12H2,1-3H3,(H,22,23)/t13-,14+/m1/s1. The number of nitrogens with one attached hydrogen (secondary N) is 2. The predicted octanol–water partition coefficient (Wildman–Crippen LogP) is 2.87. The minimum atomic E-state index is -3.97. The van der Waals surface area contributed by atoms with Crippen LogP contribution in [0.3, 0.4) is 0 Å². The monoisotopic (exact) mass is 392 g/mol. The molecule has 0 heterocycles. The van der Waals surface area contributed by atoms with Crippen molar-refractivity contribution >= 4 is 21.7 Å². The van der Waals surface area contributed by atoms with Crippen LogP contribution in [0.2, 0.25) is 0 Å². The van der Waals surface area contributed by atoms with Gasteiger partial charge in [0.15, 0.2) is 0 Å². The van der Waals surface area contributed by atoms with Crippen LogP contribution >= 0.6 is 0 Å². The molecule has 0 aromatic heterocycles. The maximum absolute atomic E-state index is 13.0. The van der Waals surface area contributed by atoms with Gasteiger partial charge in [0.1, 0.15) is 4.90 Å². The lowest BCUT2D eigenvalue weighted by Crippen LogP contribution is -2.29. The van der Waals surface area contributed by atoms with Gasteiger partial charge >= 0.3 is 5.97 Å². The quantitative estimate of drug-likeness (QED) is 0.606. The Morgan fingerprint density at radius 1 is 1.15 bits per heavy atom. The van der Waals surface area contributed by atoms with Gasteiger partial charge in [-0.1, -0.05) is 30.3 Å². The second-order valence-electron chi connectivity index (χ2n) is 6.27. The van der Waals surface area contributed by atoms with Gasteiger partial charge in [-0.3, -0.25) is 0 Å². The summed E-state index contributed by atoms with van der Waals surface area (Å²) in [6, 6.07) is 12.5. The number of carboxylic acid groups (broad SMARTS) is 1. The number of anilines is 1. The third kappa shape index (κ3) is 5.53. The highest BCUT2D eigenvalue weighted by molar-refractivity contribution is 7.89. The smallest absolute Gasteiger partial charge is 0.335 e. The van der Waals surface area contributed by atoms with Gasteiger partial charge in [0.05, 0.1) is 17.9 Å². The minimum absolute atomic E-state index is 0.104. The summed E-state index contributed by atoms with van der Waals surface area (Å²) in [7, 11) is -2.42. The molecule has 0 radical (unpaired) electrons. The van der Waals surface area contributed by atoms with Crippen LogP contribution in [-0.4, -0.2) is 39.3 Å². The first kappa shape index (κ1) is 20.9. The first-order valence-corrected chi connectivity index (χ1v) is 9.93. The van der Waals surface area contributed by atoms with Crippen LogP contribution in [0.25, 0.3) is 0 Å². The molecule has 0 unspecified atom stereocenters. The first-order chi connectivity index (χ1) is 12.7. The second kappa shape index (κ2) is 8.98. The summed E-state index contributed by atoms with van der Waals surface area (Å²) in [4.78, 5) is 11.2. The molecule has 0 fully saturated rings. The fourth-order valence-electron chi connectivity index (χ4n) is 2.66. The lowest BCUT2D eigenvalue weighted by molar-refractivity contribution is 0.0696. The summed E-state index contributed by atoms with van der Waals surface area (Å²) in [6.45, 7) is 3.94. The van der Waals surface area contributed by atoms with Crippen LogP contribution in [0.5, 0.6) is 0 Å². The van der Waals surface area contributed by atoms with Crippen molar-refractivity contribution in [3.05, 3.63) is 59.7 Å².